The van der Waals surface area contributed by atoms with Crippen LogP contribution in [0.1, 0.15) is 16.1 Å². The highest BCUT2D eigenvalue weighted by Crippen LogP contribution is 2.22. The molecule has 0 radical (unpaired) electrons. The molecule has 0 atom stereocenters. The minimum atomic E-state index is -1.16. The second-order valence-corrected chi connectivity index (χ2v) is 4.62. The zero-order valence-electron chi connectivity index (χ0n) is 11.3. The standard InChI is InChI=1S/C15H11FN4O2/c16-12-5-3-10(4-6-12)9-20-14(11-2-1-7-17-8-11)13(15(21)22)18-19-20/h1-8H,9H2,(H,21,22). The Hall–Kier alpha value is -3.09. The lowest BCUT2D eigenvalue weighted by molar-refractivity contribution is 0.0691. The van der Waals surface area contributed by atoms with Gasteiger partial charge in [0.05, 0.1) is 6.54 Å². The Morgan fingerprint density at radius 1 is 1.23 bits per heavy atom. The number of aromatic nitrogens is 4. The van der Waals surface area contributed by atoms with E-state index in [1.165, 1.54) is 16.8 Å². The van der Waals surface area contributed by atoms with Crippen LogP contribution in [0, 0.1) is 5.82 Å². The second-order valence-electron chi connectivity index (χ2n) is 4.62. The van der Waals surface area contributed by atoms with Crippen molar-refractivity contribution in [2.45, 2.75) is 6.54 Å². The summed E-state index contributed by atoms with van der Waals surface area (Å²) < 4.78 is 14.4. The van der Waals surface area contributed by atoms with E-state index >= 15 is 0 Å². The molecule has 0 aliphatic carbocycles. The van der Waals surface area contributed by atoms with Gasteiger partial charge in [0.2, 0.25) is 0 Å². The topological polar surface area (TPSA) is 80.9 Å². The van der Waals surface area contributed by atoms with Gasteiger partial charge in [0.25, 0.3) is 0 Å². The first-order valence-electron chi connectivity index (χ1n) is 6.47. The summed E-state index contributed by atoms with van der Waals surface area (Å²) in [6.07, 6.45) is 3.14. The van der Waals surface area contributed by atoms with Crippen LogP contribution in [0.3, 0.4) is 0 Å². The monoisotopic (exact) mass is 298 g/mol. The molecule has 6 nitrogen and oxygen atoms in total. The van der Waals surface area contributed by atoms with E-state index < -0.39 is 5.97 Å². The number of hydrogen-bond donors (Lipinski definition) is 1. The third kappa shape index (κ3) is 2.69. The van der Waals surface area contributed by atoms with Gasteiger partial charge in [-0.1, -0.05) is 17.3 Å². The van der Waals surface area contributed by atoms with E-state index in [0.717, 1.165) is 5.56 Å². The Morgan fingerprint density at radius 2 is 2.00 bits per heavy atom. The van der Waals surface area contributed by atoms with Gasteiger partial charge in [-0.3, -0.25) is 4.98 Å². The molecule has 0 amide bonds. The van der Waals surface area contributed by atoms with Crippen LogP contribution >= 0.6 is 0 Å². The average Bonchev–Trinajstić information content (AvgIpc) is 2.94. The summed E-state index contributed by atoms with van der Waals surface area (Å²) in [7, 11) is 0. The maximum absolute atomic E-state index is 13.0. The molecule has 2 heterocycles. The predicted molar refractivity (Wildman–Crippen MR) is 75.7 cm³/mol. The van der Waals surface area contributed by atoms with Crippen molar-refractivity contribution in [2.75, 3.05) is 0 Å². The van der Waals surface area contributed by atoms with Gasteiger partial charge in [-0.15, -0.1) is 5.10 Å². The van der Waals surface area contributed by atoms with Crippen molar-refractivity contribution >= 4 is 5.97 Å². The maximum Gasteiger partial charge on any atom is 0.358 e. The molecule has 0 aliphatic heterocycles. The van der Waals surface area contributed by atoms with Gasteiger partial charge in [0.15, 0.2) is 5.69 Å². The fraction of sp³-hybridized carbons (Fsp3) is 0.0667. The zero-order valence-corrected chi connectivity index (χ0v) is 11.3. The van der Waals surface area contributed by atoms with Crippen LogP contribution in [0.15, 0.2) is 48.8 Å². The Morgan fingerprint density at radius 3 is 2.64 bits per heavy atom. The molecule has 0 saturated heterocycles. The van der Waals surface area contributed by atoms with Gasteiger partial charge in [0.1, 0.15) is 11.5 Å². The summed E-state index contributed by atoms with van der Waals surface area (Å²) in [4.78, 5) is 15.3. The molecule has 0 bridgehead atoms. The Labute approximate surface area is 124 Å². The third-order valence-corrected chi connectivity index (χ3v) is 3.12. The molecule has 0 aliphatic rings. The number of pyridine rings is 1. The number of rotatable bonds is 4. The molecule has 110 valence electrons. The van der Waals surface area contributed by atoms with E-state index in [4.69, 9.17) is 0 Å². The predicted octanol–water partition coefficient (Wildman–Crippen LogP) is 2.23. The van der Waals surface area contributed by atoms with Crippen LogP contribution in [0.5, 0.6) is 0 Å². The van der Waals surface area contributed by atoms with E-state index in [1.54, 1.807) is 36.7 Å². The quantitative estimate of drug-likeness (QED) is 0.798. The highest BCUT2D eigenvalue weighted by molar-refractivity contribution is 5.92. The lowest BCUT2D eigenvalue weighted by Gasteiger charge is -2.07. The first-order chi connectivity index (χ1) is 10.6. The molecular formula is C15H11FN4O2. The van der Waals surface area contributed by atoms with Gasteiger partial charge >= 0.3 is 5.97 Å². The van der Waals surface area contributed by atoms with Gasteiger partial charge in [0, 0.05) is 18.0 Å². The van der Waals surface area contributed by atoms with Gasteiger partial charge in [-0.25, -0.2) is 13.9 Å². The number of carboxylic acid groups (broad SMARTS) is 1. The summed E-state index contributed by atoms with van der Waals surface area (Å²) in [5.41, 5.74) is 1.61. The van der Waals surface area contributed by atoms with Crippen LogP contribution in [0.25, 0.3) is 11.3 Å². The van der Waals surface area contributed by atoms with E-state index in [2.05, 4.69) is 15.3 Å². The van der Waals surface area contributed by atoms with Crippen molar-refractivity contribution < 1.29 is 14.3 Å². The third-order valence-electron chi connectivity index (χ3n) is 3.12. The fourth-order valence-corrected chi connectivity index (χ4v) is 2.12. The molecule has 0 fully saturated rings. The van der Waals surface area contributed by atoms with Gasteiger partial charge in [-0.2, -0.15) is 0 Å². The van der Waals surface area contributed by atoms with Crippen LogP contribution in [0.4, 0.5) is 4.39 Å². The molecule has 3 rings (SSSR count). The fourth-order valence-electron chi connectivity index (χ4n) is 2.12. The zero-order chi connectivity index (χ0) is 15.5. The Kier molecular flexibility index (Phi) is 3.61. The SMILES string of the molecule is O=C(O)c1nnn(Cc2ccc(F)cc2)c1-c1cccnc1. The lowest BCUT2D eigenvalue weighted by atomic mass is 10.1. The minimum Gasteiger partial charge on any atom is -0.476 e. The van der Waals surface area contributed by atoms with E-state index in [9.17, 15) is 14.3 Å². The van der Waals surface area contributed by atoms with Gasteiger partial charge < -0.3 is 5.11 Å². The number of aromatic carboxylic acids is 1. The smallest absolute Gasteiger partial charge is 0.358 e. The summed E-state index contributed by atoms with van der Waals surface area (Å²) in [6.45, 7) is 0.283. The van der Waals surface area contributed by atoms with Crippen molar-refractivity contribution in [3.05, 3.63) is 65.9 Å². The normalized spacial score (nSPS) is 10.6. The van der Waals surface area contributed by atoms with E-state index in [1.807, 2.05) is 0 Å². The summed E-state index contributed by atoms with van der Waals surface area (Å²) in [5, 5.41) is 16.9. The van der Waals surface area contributed by atoms with Crippen LogP contribution < -0.4 is 0 Å². The van der Waals surface area contributed by atoms with Crippen molar-refractivity contribution in [3.8, 4) is 11.3 Å². The largest absolute Gasteiger partial charge is 0.476 e. The number of carboxylic acids is 1. The van der Waals surface area contributed by atoms with Crippen molar-refractivity contribution in [2.24, 2.45) is 0 Å². The second kappa shape index (κ2) is 5.72. The Balaban J connectivity index is 2.05. The minimum absolute atomic E-state index is 0.143. The number of carbonyl (C=O) groups is 1. The number of halogens is 1. The van der Waals surface area contributed by atoms with Crippen LogP contribution in [-0.4, -0.2) is 31.1 Å². The molecule has 3 aromatic rings. The first kappa shape index (κ1) is 13.9. The molecule has 22 heavy (non-hydrogen) atoms. The lowest BCUT2D eigenvalue weighted by Crippen LogP contribution is -2.06. The summed E-state index contributed by atoms with van der Waals surface area (Å²) in [6, 6.07) is 9.35. The van der Waals surface area contributed by atoms with Crippen molar-refractivity contribution in [1.29, 1.82) is 0 Å². The highest BCUT2D eigenvalue weighted by atomic mass is 19.1. The molecular weight excluding hydrogens is 287 g/mol. The van der Waals surface area contributed by atoms with Crippen LogP contribution in [-0.2, 0) is 6.54 Å². The Bertz CT molecular complexity index is 800. The highest BCUT2D eigenvalue weighted by Gasteiger charge is 2.20. The molecule has 0 saturated carbocycles. The summed E-state index contributed by atoms with van der Waals surface area (Å²) in [5.74, 6) is -1.50. The van der Waals surface area contributed by atoms with Crippen molar-refractivity contribution in [3.63, 3.8) is 0 Å². The van der Waals surface area contributed by atoms with E-state index in [0.29, 0.717) is 11.3 Å². The molecule has 1 aromatic carbocycles. The summed E-state index contributed by atoms with van der Waals surface area (Å²) >= 11 is 0. The molecule has 2 aromatic heterocycles. The molecule has 0 spiro atoms. The van der Waals surface area contributed by atoms with Gasteiger partial charge in [-0.05, 0) is 29.8 Å². The van der Waals surface area contributed by atoms with Crippen LogP contribution in [0.2, 0.25) is 0 Å². The number of nitrogens with zero attached hydrogens (tertiary/aromatic N) is 4. The maximum atomic E-state index is 13.0. The van der Waals surface area contributed by atoms with E-state index in [-0.39, 0.29) is 18.1 Å². The van der Waals surface area contributed by atoms with Crippen molar-refractivity contribution in [1.82, 2.24) is 20.0 Å². The number of hydrogen-bond acceptors (Lipinski definition) is 4. The number of benzene rings is 1. The average molecular weight is 298 g/mol. The molecule has 1 N–H and O–H groups in total. The molecule has 0 unspecified atom stereocenters. The first-order valence-corrected chi connectivity index (χ1v) is 6.47. The molecule has 7 heteroatoms.